The Balaban J connectivity index is 2.26. The third kappa shape index (κ3) is 2.76. The molecule has 0 saturated heterocycles. The fourth-order valence-electron chi connectivity index (χ4n) is 1.27. The van der Waals surface area contributed by atoms with Gasteiger partial charge in [0.25, 0.3) is 0 Å². The Hall–Kier alpha value is -2.01. The van der Waals surface area contributed by atoms with Gasteiger partial charge in [0.15, 0.2) is 11.6 Å². The first kappa shape index (κ1) is 11.5. The number of benzene rings is 1. The molecule has 86 valence electrons. The summed E-state index contributed by atoms with van der Waals surface area (Å²) < 4.78 is 19.0. The fourth-order valence-corrected chi connectivity index (χ4v) is 1.40. The van der Waals surface area contributed by atoms with E-state index in [4.69, 9.17) is 22.7 Å². The van der Waals surface area contributed by atoms with E-state index in [-0.39, 0.29) is 10.7 Å². The summed E-state index contributed by atoms with van der Waals surface area (Å²) in [5.74, 6) is 0.0617. The predicted molar refractivity (Wildman–Crippen MR) is 66.6 cm³/mol. The minimum atomic E-state index is -0.515. The van der Waals surface area contributed by atoms with Gasteiger partial charge in [-0.25, -0.2) is 4.39 Å². The lowest BCUT2D eigenvalue weighted by Crippen LogP contribution is -2.09. The Morgan fingerprint density at radius 2 is 2.18 bits per heavy atom. The first-order valence-electron chi connectivity index (χ1n) is 4.84. The van der Waals surface area contributed by atoms with Crippen LogP contribution in [-0.4, -0.2) is 9.97 Å². The number of nitrogens with zero attached hydrogens (tertiary/aromatic N) is 1. The molecule has 0 aliphatic rings. The molecule has 0 radical (unpaired) electrons. The van der Waals surface area contributed by atoms with Crippen LogP contribution < -0.4 is 10.5 Å². The zero-order valence-corrected chi connectivity index (χ0v) is 9.58. The lowest BCUT2D eigenvalue weighted by Gasteiger charge is -2.07. The quantitative estimate of drug-likeness (QED) is 0.848. The van der Waals surface area contributed by atoms with Crippen LogP contribution in [0.5, 0.6) is 11.5 Å². The summed E-state index contributed by atoms with van der Waals surface area (Å²) in [6.45, 7) is 0. The van der Waals surface area contributed by atoms with Gasteiger partial charge >= 0.3 is 0 Å². The van der Waals surface area contributed by atoms with Crippen LogP contribution in [0.15, 0.2) is 42.7 Å². The van der Waals surface area contributed by atoms with Crippen molar-refractivity contribution in [2.75, 3.05) is 0 Å². The van der Waals surface area contributed by atoms with Crippen molar-refractivity contribution in [3.63, 3.8) is 0 Å². The molecule has 0 amide bonds. The Bertz CT molecular complexity index is 545. The van der Waals surface area contributed by atoms with E-state index in [2.05, 4.69) is 4.98 Å². The van der Waals surface area contributed by atoms with E-state index in [1.54, 1.807) is 24.4 Å². The molecule has 1 aromatic heterocycles. The number of nitrogens with two attached hydrogens (primary N) is 1. The normalized spacial score (nSPS) is 9.94. The zero-order valence-electron chi connectivity index (χ0n) is 8.76. The topological polar surface area (TPSA) is 48.1 Å². The van der Waals surface area contributed by atoms with Crippen LogP contribution in [-0.2, 0) is 0 Å². The number of pyridine rings is 1. The summed E-state index contributed by atoms with van der Waals surface area (Å²) in [6, 6.07) is 7.73. The fraction of sp³-hybridized carbons (Fsp3) is 0. The molecular formula is C12H9FN2OS. The Morgan fingerprint density at radius 3 is 2.76 bits per heavy atom. The molecular weight excluding hydrogens is 239 g/mol. The van der Waals surface area contributed by atoms with E-state index < -0.39 is 5.82 Å². The van der Waals surface area contributed by atoms with Crippen molar-refractivity contribution < 1.29 is 9.13 Å². The van der Waals surface area contributed by atoms with Gasteiger partial charge in [0.2, 0.25) is 0 Å². The van der Waals surface area contributed by atoms with Gasteiger partial charge in [0, 0.05) is 11.8 Å². The molecule has 3 nitrogen and oxygen atoms in total. The second-order valence-corrected chi connectivity index (χ2v) is 3.74. The molecule has 1 aromatic carbocycles. The largest absolute Gasteiger partial charge is 0.453 e. The monoisotopic (exact) mass is 248 g/mol. The van der Waals surface area contributed by atoms with Crippen LogP contribution in [0.4, 0.5) is 4.39 Å². The molecule has 2 aromatic rings. The summed E-state index contributed by atoms with van der Waals surface area (Å²) >= 11 is 4.75. The van der Waals surface area contributed by atoms with Gasteiger partial charge < -0.3 is 10.5 Å². The maximum atomic E-state index is 13.6. The summed E-state index contributed by atoms with van der Waals surface area (Å²) in [5, 5.41) is 0. The van der Waals surface area contributed by atoms with E-state index in [0.29, 0.717) is 11.3 Å². The number of aromatic nitrogens is 1. The van der Waals surface area contributed by atoms with Crippen LogP contribution >= 0.6 is 12.2 Å². The van der Waals surface area contributed by atoms with Crippen molar-refractivity contribution in [1.29, 1.82) is 0 Å². The first-order valence-corrected chi connectivity index (χ1v) is 5.25. The summed E-state index contributed by atoms with van der Waals surface area (Å²) in [4.78, 5) is 4.02. The number of halogens is 1. The number of ether oxygens (including phenoxy) is 1. The van der Waals surface area contributed by atoms with Crippen molar-refractivity contribution >= 4 is 17.2 Å². The van der Waals surface area contributed by atoms with Gasteiger partial charge in [-0.15, -0.1) is 0 Å². The van der Waals surface area contributed by atoms with Crippen molar-refractivity contribution in [2.24, 2.45) is 5.73 Å². The number of thiocarbonyl (C=S) groups is 1. The van der Waals surface area contributed by atoms with E-state index >= 15 is 0 Å². The first-order chi connectivity index (χ1) is 8.16. The maximum absolute atomic E-state index is 13.6. The molecule has 5 heteroatoms. The van der Waals surface area contributed by atoms with Crippen molar-refractivity contribution in [3.8, 4) is 11.5 Å². The molecule has 1 heterocycles. The molecule has 0 unspecified atom stereocenters. The lowest BCUT2D eigenvalue weighted by molar-refractivity contribution is 0.440. The van der Waals surface area contributed by atoms with Crippen LogP contribution in [0.2, 0.25) is 0 Å². The van der Waals surface area contributed by atoms with Crippen molar-refractivity contribution in [2.45, 2.75) is 0 Å². The summed E-state index contributed by atoms with van der Waals surface area (Å²) in [7, 11) is 0. The number of hydrogen-bond acceptors (Lipinski definition) is 3. The van der Waals surface area contributed by atoms with E-state index in [1.807, 2.05) is 0 Å². The van der Waals surface area contributed by atoms with Gasteiger partial charge in [0.05, 0.1) is 6.20 Å². The van der Waals surface area contributed by atoms with E-state index in [1.165, 1.54) is 18.3 Å². The van der Waals surface area contributed by atoms with Gasteiger partial charge in [0.1, 0.15) is 10.7 Å². The van der Waals surface area contributed by atoms with Crippen LogP contribution in [0.1, 0.15) is 5.56 Å². The highest BCUT2D eigenvalue weighted by atomic mass is 32.1. The summed E-state index contributed by atoms with van der Waals surface area (Å²) in [5.41, 5.74) is 5.87. The Kier molecular flexibility index (Phi) is 3.30. The second kappa shape index (κ2) is 4.88. The predicted octanol–water partition coefficient (Wildman–Crippen LogP) is 2.65. The number of rotatable bonds is 3. The highest BCUT2D eigenvalue weighted by Gasteiger charge is 2.07. The number of hydrogen-bond donors (Lipinski definition) is 1. The Labute approximate surface area is 103 Å². The highest BCUT2D eigenvalue weighted by molar-refractivity contribution is 7.80. The van der Waals surface area contributed by atoms with Crippen LogP contribution in [0.25, 0.3) is 0 Å². The molecule has 0 fully saturated rings. The van der Waals surface area contributed by atoms with Crippen LogP contribution in [0.3, 0.4) is 0 Å². The molecule has 17 heavy (non-hydrogen) atoms. The molecule has 2 rings (SSSR count). The van der Waals surface area contributed by atoms with Crippen LogP contribution in [0, 0.1) is 5.82 Å². The molecule has 2 N–H and O–H groups in total. The molecule has 0 atom stereocenters. The SMILES string of the molecule is NC(=S)c1ccc(Oc2cccnc2)c(F)c1. The standard InChI is InChI=1S/C12H9FN2OS/c13-10-6-8(12(14)17)3-4-11(10)16-9-2-1-5-15-7-9/h1-7H,(H2,14,17). The maximum Gasteiger partial charge on any atom is 0.166 e. The average molecular weight is 248 g/mol. The second-order valence-electron chi connectivity index (χ2n) is 3.30. The van der Waals surface area contributed by atoms with E-state index in [9.17, 15) is 4.39 Å². The molecule has 0 aliphatic heterocycles. The highest BCUT2D eigenvalue weighted by Crippen LogP contribution is 2.24. The molecule has 0 saturated carbocycles. The van der Waals surface area contributed by atoms with Gasteiger partial charge in [-0.05, 0) is 30.3 Å². The molecule has 0 aliphatic carbocycles. The summed E-state index contributed by atoms with van der Waals surface area (Å²) in [6.07, 6.45) is 3.11. The van der Waals surface area contributed by atoms with Crippen molar-refractivity contribution in [1.82, 2.24) is 4.98 Å². The third-order valence-corrected chi connectivity index (χ3v) is 2.31. The smallest absolute Gasteiger partial charge is 0.166 e. The van der Waals surface area contributed by atoms with E-state index in [0.717, 1.165) is 0 Å². The van der Waals surface area contributed by atoms with Crippen molar-refractivity contribution in [3.05, 3.63) is 54.1 Å². The third-order valence-electron chi connectivity index (χ3n) is 2.08. The van der Waals surface area contributed by atoms with Gasteiger partial charge in [-0.2, -0.15) is 0 Å². The minimum absolute atomic E-state index is 0.109. The lowest BCUT2D eigenvalue weighted by atomic mass is 10.2. The zero-order chi connectivity index (χ0) is 12.3. The molecule has 0 bridgehead atoms. The van der Waals surface area contributed by atoms with Gasteiger partial charge in [-0.3, -0.25) is 4.98 Å². The minimum Gasteiger partial charge on any atom is -0.453 e. The Morgan fingerprint density at radius 1 is 1.35 bits per heavy atom. The average Bonchev–Trinajstić information content (AvgIpc) is 2.33. The van der Waals surface area contributed by atoms with Gasteiger partial charge in [-0.1, -0.05) is 12.2 Å². The molecule has 0 spiro atoms.